The minimum Gasteiger partial charge on any atom is -0.493 e. The van der Waals surface area contributed by atoms with Crippen LogP contribution < -0.4 is 9.47 Å². The molecule has 1 aliphatic carbocycles. The van der Waals surface area contributed by atoms with Crippen molar-refractivity contribution in [2.45, 2.75) is 19.3 Å². The molecular formula is C13H15ClO4. The van der Waals surface area contributed by atoms with E-state index in [0.717, 1.165) is 11.1 Å². The van der Waals surface area contributed by atoms with Crippen LogP contribution in [0.5, 0.6) is 11.5 Å². The Kier molecular flexibility index (Phi) is 3.66. The van der Waals surface area contributed by atoms with Gasteiger partial charge in [-0.1, -0.05) is 11.6 Å². The molecule has 1 aromatic carbocycles. The van der Waals surface area contributed by atoms with Gasteiger partial charge < -0.3 is 14.6 Å². The summed E-state index contributed by atoms with van der Waals surface area (Å²) in [5.74, 6) is -0.0708. The second-order valence-electron chi connectivity index (χ2n) is 4.34. The van der Waals surface area contributed by atoms with Gasteiger partial charge in [0.15, 0.2) is 11.5 Å². The van der Waals surface area contributed by atoms with Gasteiger partial charge in [0.25, 0.3) is 0 Å². The molecule has 98 valence electrons. The van der Waals surface area contributed by atoms with Crippen molar-refractivity contribution < 1.29 is 19.4 Å². The average molecular weight is 271 g/mol. The number of halogens is 1. The van der Waals surface area contributed by atoms with Crippen LogP contribution in [-0.4, -0.2) is 25.3 Å². The minimum absolute atomic E-state index is 0.367. The Morgan fingerprint density at radius 2 is 2.17 bits per heavy atom. The SMILES string of the molecule is COc1cc2c(c(Cl)c1OC)C[C@@H](C(=O)O)CC2. The molecule has 0 saturated carbocycles. The molecule has 0 bridgehead atoms. The van der Waals surface area contributed by atoms with E-state index < -0.39 is 5.97 Å². The van der Waals surface area contributed by atoms with Crippen molar-refractivity contribution in [3.8, 4) is 11.5 Å². The third-order valence-corrected chi connectivity index (χ3v) is 3.77. The highest BCUT2D eigenvalue weighted by Crippen LogP contribution is 2.43. The summed E-state index contributed by atoms with van der Waals surface area (Å²) in [6.45, 7) is 0. The fraction of sp³-hybridized carbons (Fsp3) is 0.462. The van der Waals surface area contributed by atoms with Crippen LogP contribution in [0.2, 0.25) is 5.02 Å². The Morgan fingerprint density at radius 3 is 2.72 bits per heavy atom. The van der Waals surface area contributed by atoms with Gasteiger partial charge in [-0.25, -0.2) is 0 Å². The first-order chi connectivity index (χ1) is 8.58. The lowest BCUT2D eigenvalue weighted by Gasteiger charge is -2.24. The van der Waals surface area contributed by atoms with Gasteiger partial charge in [-0.05, 0) is 36.5 Å². The number of hydrogen-bond donors (Lipinski definition) is 1. The van der Waals surface area contributed by atoms with Gasteiger partial charge in [-0.15, -0.1) is 0 Å². The van der Waals surface area contributed by atoms with Crippen LogP contribution in [0.15, 0.2) is 6.07 Å². The van der Waals surface area contributed by atoms with Crippen molar-refractivity contribution in [3.63, 3.8) is 0 Å². The lowest BCUT2D eigenvalue weighted by atomic mass is 9.83. The maximum Gasteiger partial charge on any atom is 0.306 e. The molecule has 0 heterocycles. The number of rotatable bonds is 3. The molecule has 0 aromatic heterocycles. The number of carboxylic acid groups (broad SMARTS) is 1. The molecule has 4 nitrogen and oxygen atoms in total. The summed E-state index contributed by atoms with van der Waals surface area (Å²) in [6, 6.07) is 1.89. The molecular weight excluding hydrogens is 256 g/mol. The summed E-state index contributed by atoms with van der Waals surface area (Å²) in [4.78, 5) is 11.1. The lowest BCUT2D eigenvalue weighted by molar-refractivity contribution is -0.142. The van der Waals surface area contributed by atoms with E-state index in [2.05, 4.69) is 0 Å². The van der Waals surface area contributed by atoms with Crippen LogP contribution in [0, 0.1) is 5.92 Å². The van der Waals surface area contributed by atoms with Crippen molar-refractivity contribution in [1.29, 1.82) is 0 Å². The first-order valence-electron chi connectivity index (χ1n) is 5.73. The first-order valence-corrected chi connectivity index (χ1v) is 6.11. The number of aliphatic carboxylic acids is 1. The maximum absolute atomic E-state index is 11.1. The molecule has 2 rings (SSSR count). The number of aryl methyl sites for hydroxylation is 1. The van der Waals surface area contributed by atoms with E-state index in [0.29, 0.717) is 35.8 Å². The molecule has 18 heavy (non-hydrogen) atoms. The Labute approximate surface area is 110 Å². The second kappa shape index (κ2) is 5.06. The molecule has 1 N–H and O–H groups in total. The Morgan fingerprint density at radius 1 is 1.44 bits per heavy atom. The van der Waals surface area contributed by atoms with Gasteiger partial charge in [-0.2, -0.15) is 0 Å². The molecule has 0 amide bonds. The van der Waals surface area contributed by atoms with E-state index in [1.54, 1.807) is 7.11 Å². The van der Waals surface area contributed by atoms with Crippen molar-refractivity contribution in [2.24, 2.45) is 5.92 Å². The molecule has 1 aromatic rings. The zero-order valence-corrected chi connectivity index (χ0v) is 11.1. The zero-order valence-electron chi connectivity index (χ0n) is 10.3. The first kappa shape index (κ1) is 13.0. The molecule has 1 aliphatic rings. The van der Waals surface area contributed by atoms with Gasteiger partial charge in [0.1, 0.15) is 0 Å². The predicted molar refractivity (Wildman–Crippen MR) is 67.7 cm³/mol. The van der Waals surface area contributed by atoms with Crippen LogP contribution in [0.4, 0.5) is 0 Å². The molecule has 0 unspecified atom stereocenters. The monoisotopic (exact) mass is 270 g/mol. The predicted octanol–water partition coefficient (Wildman–Crippen LogP) is 2.55. The summed E-state index contributed by atoms with van der Waals surface area (Å²) in [5, 5.41) is 9.55. The third-order valence-electron chi connectivity index (χ3n) is 3.37. The lowest BCUT2D eigenvalue weighted by Crippen LogP contribution is -2.22. The zero-order chi connectivity index (χ0) is 13.3. The molecule has 0 fully saturated rings. The van der Waals surface area contributed by atoms with Gasteiger partial charge in [0, 0.05) is 0 Å². The number of carbonyl (C=O) groups is 1. The molecule has 0 radical (unpaired) electrons. The summed E-state index contributed by atoms with van der Waals surface area (Å²) in [7, 11) is 3.08. The van der Waals surface area contributed by atoms with E-state index in [9.17, 15) is 4.79 Å². The summed E-state index contributed by atoms with van der Waals surface area (Å²) >= 11 is 6.28. The fourth-order valence-corrected chi connectivity index (χ4v) is 2.74. The smallest absolute Gasteiger partial charge is 0.306 e. The summed E-state index contributed by atoms with van der Waals surface area (Å²) < 4.78 is 10.5. The number of benzene rings is 1. The topological polar surface area (TPSA) is 55.8 Å². The highest BCUT2D eigenvalue weighted by atomic mass is 35.5. The Hall–Kier alpha value is -1.42. The summed E-state index contributed by atoms with van der Waals surface area (Å²) in [6.07, 6.45) is 1.78. The Balaban J connectivity index is 2.47. The normalized spacial score (nSPS) is 18.1. The molecule has 0 aliphatic heterocycles. The molecule has 0 spiro atoms. The third kappa shape index (κ3) is 2.12. The standard InChI is InChI=1S/C13H15ClO4/c1-17-10-6-7-3-4-8(13(15)16)5-9(7)11(14)12(10)18-2/h6,8H,3-5H2,1-2H3,(H,15,16)/t8-/m0/s1. The van der Waals surface area contributed by atoms with E-state index in [4.69, 9.17) is 26.2 Å². The van der Waals surface area contributed by atoms with Crippen molar-refractivity contribution in [1.82, 2.24) is 0 Å². The van der Waals surface area contributed by atoms with Crippen LogP contribution in [0.1, 0.15) is 17.5 Å². The Bertz CT molecular complexity index is 484. The maximum atomic E-state index is 11.1. The summed E-state index contributed by atoms with van der Waals surface area (Å²) in [5.41, 5.74) is 1.92. The van der Waals surface area contributed by atoms with Crippen LogP contribution in [0.3, 0.4) is 0 Å². The number of methoxy groups -OCH3 is 2. The van der Waals surface area contributed by atoms with E-state index >= 15 is 0 Å². The number of ether oxygens (including phenoxy) is 2. The van der Waals surface area contributed by atoms with Crippen molar-refractivity contribution in [2.75, 3.05) is 14.2 Å². The van der Waals surface area contributed by atoms with Gasteiger partial charge in [-0.3, -0.25) is 4.79 Å². The van der Waals surface area contributed by atoms with Crippen LogP contribution in [0.25, 0.3) is 0 Å². The van der Waals surface area contributed by atoms with Crippen molar-refractivity contribution >= 4 is 17.6 Å². The minimum atomic E-state index is -0.772. The van der Waals surface area contributed by atoms with E-state index in [-0.39, 0.29) is 5.92 Å². The molecule has 1 atom stereocenters. The van der Waals surface area contributed by atoms with Crippen molar-refractivity contribution in [3.05, 3.63) is 22.2 Å². The van der Waals surface area contributed by atoms with Crippen LogP contribution in [-0.2, 0) is 17.6 Å². The van der Waals surface area contributed by atoms with Gasteiger partial charge in [0.05, 0.1) is 25.2 Å². The largest absolute Gasteiger partial charge is 0.493 e. The number of carboxylic acids is 1. The van der Waals surface area contributed by atoms with Gasteiger partial charge in [0.2, 0.25) is 0 Å². The highest BCUT2D eigenvalue weighted by Gasteiger charge is 2.28. The average Bonchev–Trinajstić information content (AvgIpc) is 2.37. The molecule has 5 heteroatoms. The quantitative estimate of drug-likeness (QED) is 0.917. The molecule has 0 saturated heterocycles. The number of hydrogen-bond acceptors (Lipinski definition) is 3. The highest BCUT2D eigenvalue weighted by molar-refractivity contribution is 6.33. The number of fused-ring (bicyclic) bond motifs is 1. The van der Waals surface area contributed by atoms with Gasteiger partial charge >= 0.3 is 5.97 Å². The van der Waals surface area contributed by atoms with E-state index in [1.165, 1.54) is 7.11 Å². The second-order valence-corrected chi connectivity index (χ2v) is 4.72. The fourth-order valence-electron chi connectivity index (χ4n) is 2.37. The van der Waals surface area contributed by atoms with Crippen LogP contribution >= 0.6 is 11.6 Å². The van der Waals surface area contributed by atoms with E-state index in [1.807, 2.05) is 6.07 Å².